The quantitative estimate of drug-likeness (QED) is 0.303. The fraction of sp³-hybridized carbons (Fsp3) is 0.588. The normalized spacial score (nSPS) is 14.7. The highest BCUT2D eigenvalue weighted by molar-refractivity contribution is 7.53. The summed E-state index contributed by atoms with van der Waals surface area (Å²) in [7, 11) is -1.32. The number of nitrogens with two attached hydrogens (primary N) is 1. The molecular formula is C17H28N7O4P. The highest BCUT2D eigenvalue weighted by atomic mass is 31.1. The number of carbonyl (C=O) groups is 2. The number of hydrogen-bond donors (Lipinski definition) is 4. The first-order valence-electron chi connectivity index (χ1n) is 9.01. The number of rotatable bonds is 11. The summed E-state index contributed by atoms with van der Waals surface area (Å²) >= 11 is 0. The molecule has 0 radical (unpaired) electrons. The fourth-order valence-electron chi connectivity index (χ4n) is 2.42. The van der Waals surface area contributed by atoms with Gasteiger partial charge in [0.25, 0.3) is 0 Å². The van der Waals surface area contributed by atoms with Gasteiger partial charge in [-0.3, -0.25) is 15.0 Å². The Bertz CT molecular complexity index is 871. The first-order valence-corrected chi connectivity index (χ1v) is 10.5. The maximum Gasteiger partial charge on any atom is 0.323 e. The van der Waals surface area contributed by atoms with Crippen molar-refractivity contribution in [3.63, 3.8) is 0 Å². The summed E-state index contributed by atoms with van der Waals surface area (Å²) < 4.78 is 7.76. The van der Waals surface area contributed by atoms with Gasteiger partial charge in [-0.1, -0.05) is 0 Å². The Hall–Kier alpha value is -2.20. The van der Waals surface area contributed by atoms with Gasteiger partial charge >= 0.3 is 5.97 Å². The van der Waals surface area contributed by atoms with Crippen LogP contribution >= 0.6 is 8.22 Å². The van der Waals surface area contributed by atoms with Crippen LogP contribution in [0, 0.1) is 0 Å². The van der Waals surface area contributed by atoms with Crippen LogP contribution in [0.1, 0.15) is 34.6 Å². The minimum atomic E-state index is -1.32. The number of carboxylic acid groups (broad SMARTS) is 1. The molecule has 2 aromatic heterocycles. The maximum atomic E-state index is 11.5. The van der Waals surface area contributed by atoms with Gasteiger partial charge in [0.15, 0.2) is 11.5 Å². The number of nitrogens with one attached hydrogen (secondary N) is 2. The van der Waals surface area contributed by atoms with Crippen LogP contribution in [0.3, 0.4) is 0 Å². The molecule has 11 nitrogen and oxygen atoms in total. The highest BCUT2D eigenvalue weighted by Crippen LogP contribution is 2.32. The van der Waals surface area contributed by atoms with Crippen molar-refractivity contribution in [1.82, 2.24) is 29.7 Å². The molecule has 0 aromatic carbocycles. The van der Waals surface area contributed by atoms with E-state index >= 15 is 0 Å². The summed E-state index contributed by atoms with van der Waals surface area (Å²) in [5.41, 5.74) is 4.94. The molecule has 0 fully saturated rings. The molecule has 0 saturated carbocycles. The van der Waals surface area contributed by atoms with Gasteiger partial charge in [0.2, 0.25) is 0 Å². The number of imidazole rings is 1. The van der Waals surface area contributed by atoms with E-state index in [9.17, 15) is 14.7 Å². The van der Waals surface area contributed by atoms with E-state index in [-0.39, 0.29) is 12.5 Å². The van der Waals surface area contributed by atoms with Crippen molar-refractivity contribution in [3.8, 4) is 0 Å². The van der Waals surface area contributed by atoms with E-state index in [2.05, 4.69) is 25.1 Å². The lowest BCUT2D eigenvalue weighted by molar-refractivity contribution is -0.142. The molecule has 0 spiro atoms. The van der Waals surface area contributed by atoms with Crippen molar-refractivity contribution >= 4 is 37.5 Å². The Morgan fingerprint density at radius 2 is 2.03 bits per heavy atom. The summed E-state index contributed by atoms with van der Waals surface area (Å²) in [6, 6.07) is 0. The highest BCUT2D eigenvalue weighted by Gasteiger charge is 2.32. The van der Waals surface area contributed by atoms with Crippen molar-refractivity contribution in [2.75, 3.05) is 12.1 Å². The number of aromatic nitrogens is 4. The lowest BCUT2D eigenvalue weighted by Gasteiger charge is -2.33. The molecule has 2 unspecified atom stereocenters. The standard InChI is InChI=1S/C17H28N7O4P/c1-11(6-24-9-21-12-13(18)19-8-20-14(12)24)28-10-29(22-16(2,3)7-25)23-17(4,5)15(26)27/h7-9,11,22-23H,6,10H2,1-5H3,(H,26,27)(H2,18,19,20). The minimum absolute atomic E-state index is 0.203. The van der Waals surface area contributed by atoms with Crippen LogP contribution in [-0.4, -0.2) is 60.4 Å². The number of nitrogen functional groups attached to an aromatic ring is 1. The first-order chi connectivity index (χ1) is 13.4. The number of hydrogen-bond acceptors (Lipinski definition) is 9. The SMILES string of the molecule is CC(Cn1cnc2c(N)ncnc21)OCP(NC(C)(C)C=O)NC(C)(C)C(=O)O. The average molecular weight is 425 g/mol. The molecule has 29 heavy (non-hydrogen) atoms. The summed E-state index contributed by atoms with van der Waals surface area (Å²) in [5, 5.41) is 15.6. The monoisotopic (exact) mass is 425 g/mol. The van der Waals surface area contributed by atoms with E-state index in [1.807, 2.05) is 11.5 Å². The second kappa shape index (κ2) is 9.08. The van der Waals surface area contributed by atoms with Gasteiger partial charge in [0, 0.05) is 0 Å². The number of aldehydes is 1. The first kappa shape index (κ1) is 23.1. The molecule has 12 heteroatoms. The number of carboxylic acids is 1. The molecule has 5 N–H and O–H groups in total. The number of fused-ring (bicyclic) bond motifs is 1. The molecule has 0 bridgehead atoms. The van der Waals surface area contributed by atoms with Crippen LogP contribution in [0.25, 0.3) is 11.2 Å². The average Bonchev–Trinajstić information content (AvgIpc) is 3.03. The third-order valence-corrected chi connectivity index (χ3v) is 6.12. The molecule has 2 rings (SSSR count). The van der Waals surface area contributed by atoms with Crippen molar-refractivity contribution in [1.29, 1.82) is 0 Å². The van der Waals surface area contributed by atoms with Crippen LogP contribution in [0.15, 0.2) is 12.7 Å². The van der Waals surface area contributed by atoms with Crippen LogP contribution in [0.4, 0.5) is 5.82 Å². The maximum absolute atomic E-state index is 11.5. The number of aliphatic carboxylic acids is 1. The van der Waals surface area contributed by atoms with Gasteiger partial charge in [-0.15, -0.1) is 0 Å². The van der Waals surface area contributed by atoms with E-state index in [1.165, 1.54) is 6.33 Å². The number of anilines is 1. The lowest BCUT2D eigenvalue weighted by Crippen LogP contribution is -2.49. The predicted molar refractivity (Wildman–Crippen MR) is 110 cm³/mol. The molecule has 0 amide bonds. The van der Waals surface area contributed by atoms with E-state index in [0.717, 1.165) is 6.29 Å². The Morgan fingerprint density at radius 1 is 1.34 bits per heavy atom. The smallest absolute Gasteiger partial charge is 0.323 e. The fourth-order valence-corrected chi connectivity index (χ4v) is 4.52. The Balaban J connectivity index is 2.05. The molecule has 0 aliphatic carbocycles. The molecule has 2 aromatic rings. The van der Waals surface area contributed by atoms with Crippen molar-refractivity contribution < 1.29 is 19.4 Å². The second-order valence-corrected chi connectivity index (χ2v) is 9.42. The summed E-state index contributed by atoms with van der Waals surface area (Å²) in [6.07, 6.45) is 3.75. The largest absolute Gasteiger partial charge is 0.480 e. The zero-order valence-electron chi connectivity index (χ0n) is 17.2. The topological polar surface area (TPSA) is 157 Å². The Labute approximate surface area is 170 Å². The third kappa shape index (κ3) is 6.14. The van der Waals surface area contributed by atoms with Gasteiger partial charge in [-0.25, -0.2) is 15.0 Å². The number of ether oxygens (including phenoxy) is 1. The van der Waals surface area contributed by atoms with Crippen molar-refractivity contribution in [2.24, 2.45) is 0 Å². The van der Waals surface area contributed by atoms with E-state index < -0.39 is 25.3 Å². The summed E-state index contributed by atoms with van der Waals surface area (Å²) in [5.74, 6) is -0.683. The van der Waals surface area contributed by atoms with E-state index in [0.29, 0.717) is 23.5 Å². The molecule has 2 atom stereocenters. The van der Waals surface area contributed by atoms with Crippen LogP contribution < -0.4 is 15.9 Å². The number of nitrogens with zero attached hydrogens (tertiary/aromatic N) is 4. The Kier molecular flexibility index (Phi) is 7.23. The van der Waals surface area contributed by atoms with Gasteiger partial charge in [0.1, 0.15) is 23.7 Å². The van der Waals surface area contributed by atoms with Gasteiger partial charge in [0.05, 0.1) is 39.1 Å². The summed E-state index contributed by atoms with van der Waals surface area (Å²) in [4.78, 5) is 35.1. The van der Waals surface area contributed by atoms with E-state index in [1.54, 1.807) is 34.0 Å². The van der Waals surface area contributed by atoms with Crippen LogP contribution in [0.2, 0.25) is 0 Å². The van der Waals surface area contributed by atoms with Gasteiger partial charge < -0.3 is 24.9 Å². The summed E-state index contributed by atoms with van der Waals surface area (Å²) in [6.45, 7) is 8.91. The second-order valence-electron chi connectivity index (χ2n) is 7.86. The van der Waals surface area contributed by atoms with Crippen molar-refractivity contribution in [3.05, 3.63) is 12.7 Å². The molecule has 160 valence electrons. The molecule has 0 aliphatic heterocycles. The third-order valence-electron chi connectivity index (χ3n) is 4.04. The number of carbonyl (C=O) groups excluding carboxylic acids is 1. The lowest BCUT2D eigenvalue weighted by atomic mass is 10.1. The van der Waals surface area contributed by atoms with Gasteiger partial charge in [-0.05, 0) is 34.6 Å². The van der Waals surface area contributed by atoms with Gasteiger partial charge in [-0.2, -0.15) is 0 Å². The predicted octanol–water partition coefficient (Wildman–Crippen LogP) is 1.10. The van der Waals surface area contributed by atoms with E-state index in [4.69, 9.17) is 10.5 Å². The minimum Gasteiger partial charge on any atom is -0.480 e. The Morgan fingerprint density at radius 3 is 2.66 bits per heavy atom. The molecule has 0 saturated heterocycles. The van der Waals surface area contributed by atoms with Crippen molar-refractivity contribution in [2.45, 2.75) is 58.3 Å². The molecular weight excluding hydrogens is 397 g/mol. The zero-order chi connectivity index (χ0) is 21.8. The molecule has 2 heterocycles. The van der Waals surface area contributed by atoms with Crippen LogP contribution in [0.5, 0.6) is 0 Å². The van der Waals surface area contributed by atoms with Crippen LogP contribution in [-0.2, 0) is 20.9 Å². The zero-order valence-corrected chi connectivity index (χ0v) is 18.1. The molecule has 0 aliphatic rings.